The van der Waals surface area contributed by atoms with Crippen LogP contribution in [0.1, 0.15) is 43.2 Å². The Morgan fingerprint density at radius 1 is 0.964 bits per heavy atom. The van der Waals surface area contributed by atoms with Gasteiger partial charge in [0.1, 0.15) is 6.07 Å². The first kappa shape index (κ1) is 18.7. The van der Waals surface area contributed by atoms with Gasteiger partial charge in [0.15, 0.2) is 0 Å². The molecule has 2 fully saturated rings. The highest BCUT2D eigenvalue weighted by molar-refractivity contribution is 5.97. The van der Waals surface area contributed by atoms with Crippen LogP contribution in [-0.2, 0) is 10.3 Å². The van der Waals surface area contributed by atoms with E-state index in [4.69, 9.17) is 0 Å². The van der Waals surface area contributed by atoms with Gasteiger partial charge in [0.05, 0.1) is 11.3 Å². The van der Waals surface area contributed by atoms with Crippen LogP contribution >= 0.6 is 0 Å². The summed E-state index contributed by atoms with van der Waals surface area (Å²) in [6, 6.07) is 20.4. The van der Waals surface area contributed by atoms with Gasteiger partial charge < -0.3 is 4.90 Å². The van der Waals surface area contributed by atoms with Crippen LogP contribution in [0.25, 0.3) is 0 Å². The Balaban J connectivity index is 1.58. The third kappa shape index (κ3) is 3.00. The minimum atomic E-state index is 0.0218. The quantitative estimate of drug-likeness (QED) is 0.805. The first-order chi connectivity index (χ1) is 13.5. The summed E-state index contributed by atoms with van der Waals surface area (Å²) >= 11 is 0. The van der Waals surface area contributed by atoms with Crippen LogP contribution in [0.15, 0.2) is 54.6 Å². The van der Waals surface area contributed by atoms with Gasteiger partial charge in [-0.2, -0.15) is 5.26 Å². The number of para-hydroxylation sites is 1. The van der Waals surface area contributed by atoms with E-state index in [1.54, 1.807) is 6.07 Å². The second-order valence-corrected chi connectivity index (χ2v) is 8.58. The number of rotatable bonds is 3. The van der Waals surface area contributed by atoms with Crippen LogP contribution in [0.5, 0.6) is 0 Å². The Hall–Kier alpha value is -2.64. The summed E-state index contributed by atoms with van der Waals surface area (Å²) in [7, 11) is 4.33. The van der Waals surface area contributed by atoms with E-state index in [0.29, 0.717) is 12.0 Å². The SMILES string of the molecule is CN(C)[C@]1(c2ccccc2)CC[C@@]2(CC1)CC(=O)N(c1ccccc1C#N)C2. The third-order valence-corrected chi connectivity index (χ3v) is 6.94. The van der Waals surface area contributed by atoms with Crippen LogP contribution in [0, 0.1) is 16.7 Å². The smallest absolute Gasteiger partial charge is 0.227 e. The number of nitrogens with zero attached hydrogens (tertiary/aromatic N) is 3. The molecule has 0 bridgehead atoms. The summed E-state index contributed by atoms with van der Waals surface area (Å²) in [4.78, 5) is 17.1. The van der Waals surface area contributed by atoms with Crippen molar-refractivity contribution in [2.24, 2.45) is 5.41 Å². The zero-order valence-corrected chi connectivity index (χ0v) is 16.7. The largest absolute Gasteiger partial charge is 0.311 e. The lowest BCUT2D eigenvalue weighted by atomic mass is 9.64. The van der Waals surface area contributed by atoms with E-state index in [2.05, 4.69) is 55.4 Å². The topological polar surface area (TPSA) is 47.3 Å². The van der Waals surface area contributed by atoms with Gasteiger partial charge in [-0.3, -0.25) is 9.69 Å². The number of carbonyl (C=O) groups is 1. The van der Waals surface area contributed by atoms with Gasteiger partial charge in [-0.25, -0.2) is 0 Å². The minimum absolute atomic E-state index is 0.0218. The fourth-order valence-corrected chi connectivity index (χ4v) is 5.19. The molecule has 1 heterocycles. The summed E-state index contributed by atoms with van der Waals surface area (Å²) < 4.78 is 0. The van der Waals surface area contributed by atoms with Crippen molar-refractivity contribution in [2.45, 2.75) is 37.6 Å². The molecule has 0 radical (unpaired) electrons. The van der Waals surface area contributed by atoms with Crippen molar-refractivity contribution in [3.05, 3.63) is 65.7 Å². The molecule has 1 amide bonds. The zero-order chi connectivity index (χ0) is 19.8. The van der Waals surface area contributed by atoms with E-state index in [1.807, 2.05) is 23.1 Å². The highest BCUT2D eigenvalue weighted by Crippen LogP contribution is 2.52. The molecule has 1 spiro atoms. The monoisotopic (exact) mass is 373 g/mol. The van der Waals surface area contributed by atoms with Gasteiger partial charge >= 0.3 is 0 Å². The summed E-state index contributed by atoms with van der Waals surface area (Å²) in [6.45, 7) is 0.725. The molecule has 1 saturated carbocycles. The number of nitriles is 1. The van der Waals surface area contributed by atoms with Crippen molar-refractivity contribution < 1.29 is 4.79 Å². The Bertz CT molecular complexity index is 905. The molecule has 1 aliphatic heterocycles. The first-order valence-corrected chi connectivity index (χ1v) is 10.0. The molecule has 2 aliphatic rings. The normalized spacial score (nSPS) is 27.4. The van der Waals surface area contributed by atoms with Crippen LogP contribution < -0.4 is 4.90 Å². The first-order valence-electron chi connectivity index (χ1n) is 10.0. The molecule has 0 unspecified atom stereocenters. The Morgan fingerprint density at radius 3 is 2.25 bits per heavy atom. The van der Waals surface area contributed by atoms with E-state index < -0.39 is 0 Å². The van der Waals surface area contributed by atoms with Gasteiger partial charge in [-0.1, -0.05) is 42.5 Å². The number of benzene rings is 2. The van der Waals surface area contributed by atoms with Crippen molar-refractivity contribution in [3.8, 4) is 6.07 Å². The molecular weight excluding hydrogens is 346 g/mol. The lowest BCUT2D eigenvalue weighted by molar-refractivity contribution is -0.118. The molecule has 1 saturated heterocycles. The van der Waals surface area contributed by atoms with Crippen LogP contribution in [-0.4, -0.2) is 31.4 Å². The molecule has 28 heavy (non-hydrogen) atoms. The second-order valence-electron chi connectivity index (χ2n) is 8.58. The van der Waals surface area contributed by atoms with Crippen LogP contribution in [0.3, 0.4) is 0 Å². The van der Waals surface area contributed by atoms with E-state index in [0.717, 1.165) is 37.9 Å². The highest BCUT2D eigenvalue weighted by atomic mass is 16.2. The highest BCUT2D eigenvalue weighted by Gasteiger charge is 2.50. The standard InChI is InChI=1S/C24H27N3O/c1-26(2)24(20-9-4-3-5-10-20)14-12-23(13-15-24)16-22(28)27(18-23)21-11-7-6-8-19(21)17-25/h3-11H,12-16,18H2,1-2H3/t23-,24-. The minimum Gasteiger partial charge on any atom is -0.311 e. The summed E-state index contributed by atoms with van der Waals surface area (Å²) in [6.07, 6.45) is 4.73. The lowest BCUT2D eigenvalue weighted by Crippen LogP contribution is -2.47. The third-order valence-electron chi connectivity index (χ3n) is 6.94. The van der Waals surface area contributed by atoms with Gasteiger partial charge in [0.2, 0.25) is 5.91 Å². The van der Waals surface area contributed by atoms with Crippen molar-refractivity contribution >= 4 is 11.6 Å². The number of hydrogen-bond acceptors (Lipinski definition) is 3. The van der Waals surface area contributed by atoms with Crippen molar-refractivity contribution in [3.63, 3.8) is 0 Å². The van der Waals surface area contributed by atoms with E-state index in [-0.39, 0.29) is 16.9 Å². The molecule has 2 aromatic carbocycles. The van der Waals surface area contributed by atoms with Crippen molar-refractivity contribution in [1.29, 1.82) is 5.26 Å². The molecule has 0 aromatic heterocycles. The van der Waals surface area contributed by atoms with E-state index >= 15 is 0 Å². The molecule has 0 N–H and O–H groups in total. The molecule has 4 nitrogen and oxygen atoms in total. The maximum atomic E-state index is 12.9. The van der Waals surface area contributed by atoms with Crippen molar-refractivity contribution in [1.82, 2.24) is 4.90 Å². The predicted octanol–water partition coefficient (Wildman–Crippen LogP) is 4.31. The average molecular weight is 374 g/mol. The summed E-state index contributed by atoms with van der Waals surface area (Å²) in [5, 5.41) is 9.43. The average Bonchev–Trinajstić information content (AvgIpc) is 3.05. The zero-order valence-electron chi connectivity index (χ0n) is 16.7. The van der Waals surface area contributed by atoms with Gasteiger partial charge in [0.25, 0.3) is 0 Å². The molecule has 4 rings (SSSR count). The maximum Gasteiger partial charge on any atom is 0.227 e. The van der Waals surface area contributed by atoms with Crippen LogP contribution in [0.2, 0.25) is 0 Å². The molecule has 4 heteroatoms. The Morgan fingerprint density at radius 2 is 1.61 bits per heavy atom. The Labute approximate surface area is 167 Å². The summed E-state index contributed by atoms with van der Waals surface area (Å²) in [5.41, 5.74) is 2.77. The number of carbonyl (C=O) groups excluding carboxylic acids is 1. The summed E-state index contributed by atoms with van der Waals surface area (Å²) in [5.74, 6) is 0.153. The van der Waals surface area contributed by atoms with E-state index in [1.165, 1.54) is 5.56 Å². The number of hydrogen-bond donors (Lipinski definition) is 0. The lowest BCUT2D eigenvalue weighted by Gasteiger charge is -2.48. The molecule has 2 aromatic rings. The van der Waals surface area contributed by atoms with Gasteiger partial charge in [-0.15, -0.1) is 0 Å². The Kier molecular flexibility index (Phi) is 4.72. The van der Waals surface area contributed by atoms with Crippen LogP contribution in [0.4, 0.5) is 5.69 Å². The molecule has 1 aliphatic carbocycles. The number of anilines is 1. The fraction of sp³-hybridized carbons (Fsp3) is 0.417. The molecular formula is C24H27N3O. The number of amides is 1. The molecule has 0 atom stereocenters. The molecule has 144 valence electrons. The second kappa shape index (κ2) is 7.07. The van der Waals surface area contributed by atoms with E-state index in [9.17, 15) is 10.1 Å². The fourth-order valence-electron chi connectivity index (χ4n) is 5.19. The maximum absolute atomic E-state index is 12.9. The van der Waals surface area contributed by atoms with Crippen molar-refractivity contribution in [2.75, 3.05) is 25.5 Å². The van der Waals surface area contributed by atoms with Gasteiger partial charge in [0, 0.05) is 18.5 Å². The predicted molar refractivity (Wildman–Crippen MR) is 111 cm³/mol. The van der Waals surface area contributed by atoms with Gasteiger partial charge in [-0.05, 0) is 62.9 Å².